The first-order valence-corrected chi connectivity index (χ1v) is 8.63. The molecule has 0 aromatic heterocycles. The Morgan fingerprint density at radius 2 is 1.93 bits per heavy atom. The molecule has 0 radical (unpaired) electrons. The molecular weight excluding hydrogens is 348 g/mol. The first-order chi connectivity index (χ1) is 13.1. The van der Waals surface area contributed by atoms with E-state index < -0.39 is 0 Å². The van der Waals surface area contributed by atoms with E-state index >= 15 is 0 Å². The maximum atomic E-state index is 12.3. The van der Waals surface area contributed by atoms with Gasteiger partial charge in [0, 0.05) is 6.54 Å². The maximum absolute atomic E-state index is 12.3. The lowest BCUT2D eigenvalue weighted by atomic mass is 10.1. The molecule has 1 amide bonds. The summed E-state index contributed by atoms with van der Waals surface area (Å²) in [7, 11) is 3.18. The van der Waals surface area contributed by atoms with E-state index in [1.165, 1.54) is 0 Å². The first-order valence-electron chi connectivity index (χ1n) is 8.63. The van der Waals surface area contributed by atoms with Crippen LogP contribution < -0.4 is 24.4 Å². The standard InChI is InChI=1S/C20H22N2O5/c1-25-17-8-7-14(11-18(17)26-2)9-10-21-19(23)12-22-13-20(24)27-16-6-4-3-5-15(16)22/h3-8,11H,9-10,12-13H2,1-2H3,(H,21,23). The van der Waals surface area contributed by atoms with E-state index in [9.17, 15) is 9.59 Å². The molecule has 0 spiro atoms. The number of methoxy groups -OCH3 is 2. The van der Waals surface area contributed by atoms with Crippen LogP contribution in [-0.4, -0.2) is 45.7 Å². The lowest BCUT2D eigenvalue weighted by Gasteiger charge is -2.29. The number of carbonyl (C=O) groups excluding carboxylic acids is 2. The fourth-order valence-electron chi connectivity index (χ4n) is 2.95. The van der Waals surface area contributed by atoms with E-state index in [4.69, 9.17) is 14.2 Å². The van der Waals surface area contributed by atoms with Gasteiger partial charge in [-0.3, -0.25) is 4.79 Å². The summed E-state index contributed by atoms with van der Waals surface area (Å²) in [5, 5.41) is 2.89. The van der Waals surface area contributed by atoms with Gasteiger partial charge in [-0.1, -0.05) is 18.2 Å². The van der Waals surface area contributed by atoms with Crippen LogP contribution in [0.3, 0.4) is 0 Å². The van der Waals surface area contributed by atoms with Crippen LogP contribution in [0.2, 0.25) is 0 Å². The van der Waals surface area contributed by atoms with E-state index in [1.807, 2.05) is 30.3 Å². The van der Waals surface area contributed by atoms with Gasteiger partial charge in [0.1, 0.15) is 6.54 Å². The Hall–Kier alpha value is -3.22. The third-order valence-electron chi connectivity index (χ3n) is 4.27. The van der Waals surface area contributed by atoms with Crippen LogP contribution >= 0.6 is 0 Å². The molecule has 1 aliphatic rings. The third-order valence-corrected chi connectivity index (χ3v) is 4.27. The van der Waals surface area contributed by atoms with Crippen LogP contribution in [0.4, 0.5) is 5.69 Å². The Bertz CT molecular complexity index is 837. The minimum atomic E-state index is -0.369. The average Bonchev–Trinajstić information content (AvgIpc) is 2.67. The molecular formula is C20H22N2O5. The zero-order chi connectivity index (χ0) is 19.2. The van der Waals surface area contributed by atoms with Gasteiger partial charge in [-0.25, -0.2) is 4.79 Å². The minimum Gasteiger partial charge on any atom is -0.493 e. The van der Waals surface area contributed by atoms with Gasteiger partial charge in [0.15, 0.2) is 17.2 Å². The van der Waals surface area contributed by atoms with Crippen LogP contribution in [0.25, 0.3) is 0 Å². The topological polar surface area (TPSA) is 77.1 Å². The summed E-state index contributed by atoms with van der Waals surface area (Å²) in [5.74, 6) is 1.28. The smallest absolute Gasteiger partial charge is 0.331 e. The molecule has 0 saturated carbocycles. The van der Waals surface area contributed by atoms with Crippen molar-refractivity contribution in [2.75, 3.05) is 38.8 Å². The lowest BCUT2D eigenvalue weighted by Crippen LogP contribution is -2.43. The lowest BCUT2D eigenvalue weighted by molar-refractivity contribution is -0.133. The van der Waals surface area contributed by atoms with E-state index in [0.717, 1.165) is 11.3 Å². The Morgan fingerprint density at radius 3 is 2.70 bits per heavy atom. The van der Waals surface area contributed by atoms with Gasteiger partial charge < -0.3 is 24.4 Å². The van der Waals surface area contributed by atoms with Crippen molar-refractivity contribution in [1.82, 2.24) is 5.32 Å². The second-order valence-electron chi connectivity index (χ2n) is 6.09. The van der Waals surface area contributed by atoms with Crippen molar-refractivity contribution in [3.63, 3.8) is 0 Å². The van der Waals surface area contributed by atoms with E-state index in [1.54, 1.807) is 31.3 Å². The summed E-state index contributed by atoms with van der Waals surface area (Å²) in [4.78, 5) is 25.7. The molecule has 27 heavy (non-hydrogen) atoms. The Labute approximate surface area is 157 Å². The second-order valence-corrected chi connectivity index (χ2v) is 6.09. The van der Waals surface area contributed by atoms with E-state index in [2.05, 4.69) is 5.32 Å². The van der Waals surface area contributed by atoms with Gasteiger partial charge >= 0.3 is 5.97 Å². The normalized spacial score (nSPS) is 12.8. The first kappa shape index (κ1) is 18.6. The fourth-order valence-corrected chi connectivity index (χ4v) is 2.95. The molecule has 0 unspecified atom stereocenters. The molecule has 3 rings (SSSR count). The number of nitrogens with zero attached hydrogens (tertiary/aromatic N) is 1. The summed E-state index contributed by atoms with van der Waals surface area (Å²) < 4.78 is 15.7. The predicted octanol–water partition coefficient (Wildman–Crippen LogP) is 1.79. The number of rotatable bonds is 7. The quantitative estimate of drug-likeness (QED) is 0.591. The monoisotopic (exact) mass is 370 g/mol. The highest BCUT2D eigenvalue weighted by Crippen LogP contribution is 2.31. The highest BCUT2D eigenvalue weighted by Gasteiger charge is 2.25. The number of hydrogen-bond donors (Lipinski definition) is 1. The van der Waals surface area contributed by atoms with Gasteiger partial charge in [-0.05, 0) is 36.2 Å². The molecule has 1 heterocycles. The van der Waals surface area contributed by atoms with Crippen molar-refractivity contribution < 1.29 is 23.8 Å². The highest BCUT2D eigenvalue weighted by molar-refractivity contribution is 5.89. The molecule has 7 heteroatoms. The number of hydrogen-bond acceptors (Lipinski definition) is 6. The number of esters is 1. The molecule has 0 atom stereocenters. The van der Waals surface area contributed by atoms with Crippen LogP contribution in [0.5, 0.6) is 17.2 Å². The number of carbonyl (C=O) groups is 2. The summed E-state index contributed by atoms with van der Waals surface area (Å²) in [6.45, 7) is 0.631. The minimum absolute atomic E-state index is 0.0557. The van der Waals surface area contributed by atoms with Crippen molar-refractivity contribution in [2.45, 2.75) is 6.42 Å². The van der Waals surface area contributed by atoms with Crippen molar-refractivity contribution >= 4 is 17.6 Å². The van der Waals surface area contributed by atoms with E-state index in [-0.39, 0.29) is 25.0 Å². The van der Waals surface area contributed by atoms with Crippen LogP contribution in [-0.2, 0) is 16.0 Å². The Kier molecular flexibility index (Phi) is 5.80. The van der Waals surface area contributed by atoms with Gasteiger partial charge in [0.2, 0.25) is 5.91 Å². The summed E-state index contributed by atoms with van der Waals surface area (Å²) in [6.07, 6.45) is 0.657. The number of benzene rings is 2. The number of anilines is 1. The fraction of sp³-hybridized carbons (Fsp3) is 0.300. The number of fused-ring (bicyclic) bond motifs is 1. The van der Waals surface area contributed by atoms with Crippen molar-refractivity contribution in [3.8, 4) is 17.2 Å². The van der Waals surface area contributed by atoms with E-state index in [0.29, 0.717) is 30.2 Å². The summed E-state index contributed by atoms with van der Waals surface area (Å²) in [5.41, 5.74) is 1.77. The largest absolute Gasteiger partial charge is 0.493 e. The Balaban J connectivity index is 1.54. The van der Waals surface area contributed by atoms with Gasteiger partial charge in [-0.15, -0.1) is 0 Å². The summed E-state index contributed by atoms with van der Waals surface area (Å²) in [6, 6.07) is 12.9. The molecule has 2 aromatic rings. The molecule has 0 aliphatic carbocycles. The Morgan fingerprint density at radius 1 is 1.15 bits per heavy atom. The molecule has 7 nitrogen and oxygen atoms in total. The van der Waals surface area contributed by atoms with Crippen LogP contribution in [0, 0.1) is 0 Å². The SMILES string of the molecule is COc1ccc(CCNC(=O)CN2CC(=O)Oc3ccccc32)cc1OC. The molecule has 0 fully saturated rings. The number of para-hydroxylation sites is 2. The molecule has 0 saturated heterocycles. The zero-order valence-corrected chi connectivity index (χ0v) is 15.4. The van der Waals surface area contributed by atoms with Gasteiger partial charge in [0.25, 0.3) is 0 Å². The summed E-state index contributed by atoms with van der Waals surface area (Å²) >= 11 is 0. The third kappa shape index (κ3) is 4.49. The maximum Gasteiger partial charge on any atom is 0.331 e. The number of ether oxygens (including phenoxy) is 3. The van der Waals surface area contributed by atoms with Crippen molar-refractivity contribution in [3.05, 3.63) is 48.0 Å². The van der Waals surface area contributed by atoms with Crippen LogP contribution in [0.1, 0.15) is 5.56 Å². The van der Waals surface area contributed by atoms with Crippen LogP contribution in [0.15, 0.2) is 42.5 Å². The average molecular weight is 370 g/mol. The molecule has 0 bridgehead atoms. The van der Waals surface area contributed by atoms with Gasteiger partial charge in [-0.2, -0.15) is 0 Å². The number of amides is 1. The molecule has 142 valence electrons. The molecule has 2 aromatic carbocycles. The molecule has 1 N–H and O–H groups in total. The zero-order valence-electron chi connectivity index (χ0n) is 15.4. The van der Waals surface area contributed by atoms with Gasteiger partial charge in [0.05, 0.1) is 26.5 Å². The second kappa shape index (κ2) is 8.44. The highest BCUT2D eigenvalue weighted by atomic mass is 16.5. The number of nitrogens with one attached hydrogen (secondary N) is 1. The van der Waals surface area contributed by atoms with Crippen molar-refractivity contribution in [1.29, 1.82) is 0 Å². The van der Waals surface area contributed by atoms with Crippen molar-refractivity contribution in [2.24, 2.45) is 0 Å². The molecule has 1 aliphatic heterocycles. The predicted molar refractivity (Wildman–Crippen MR) is 101 cm³/mol.